The fourth-order valence-electron chi connectivity index (χ4n) is 4.37. The third-order valence-electron chi connectivity index (χ3n) is 6.12. The Kier molecular flexibility index (Phi) is 14.6. The number of hydrogen-bond donors (Lipinski definition) is 2. The van der Waals surface area contributed by atoms with Crippen molar-refractivity contribution in [2.24, 2.45) is 0 Å². The van der Waals surface area contributed by atoms with Gasteiger partial charge in [0.2, 0.25) is 5.91 Å². The van der Waals surface area contributed by atoms with Crippen LogP contribution in [-0.2, 0) is 28.6 Å². The van der Waals surface area contributed by atoms with E-state index in [0.717, 1.165) is 30.6 Å². The van der Waals surface area contributed by atoms with Crippen LogP contribution in [-0.4, -0.2) is 84.1 Å². The van der Waals surface area contributed by atoms with Gasteiger partial charge in [-0.2, -0.15) is 0 Å². The SMILES string of the molecule is CCOC(=O)[C@@H](CCCCCCNC(=O)OC(C)(C)C)N[C@H]1CS[C@H](c2cccs2)CN(CC(=O)OC(C)(C)C)C1=O. The smallest absolute Gasteiger partial charge is 0.407 e. The minimum atomic E-state index is -0.660. The number of nitrogens with one attached hydrogen (secondary N) is 2. The Morgan fingerprint density at radius 3 is 2.36 bits per heavy atom. The van der Waals surface area contributed by atoms with Crippen LogP contribution in [0.4, 0.5) is 4.79 Å². The summed E-state index contributed by atoms with van der Waals surface area (Å²) in [6, 6.07) is 2.71. The topological polar surface area (TPSA) is 123 Å². The molecule has 0 radical (unpaired) electrons. The van der Waals surface area contributed by atoms with Crippen LogP contribution in [0.3, 0.4) is 0 Å². The molecule has 1 aliphatic heterocycles. The van der Waals surface area contributed by atoms with Gasteiger partial charge in [-0.25, -0.2) is 4.79 Å². The Morgan fingerprint density at radius 1 is 1.05 bits per heavy atom. The molecule has 42 heavy (non-hydrogen) atoms. The maximum absolute atomic E-state index is 13.7. The zero-order valence-electron chi connectivity index (χ0n) is 26.2. The van der Waals surface area contributed by atoms with E-state index in [2.05, 4.69) is 10.6 Å². The van der Waals surface area contributed by atoms with E-state index in [-0.39, 0.29) is 30.3 Å². The number of ether oxygens (including phenoxy) is 3. The summed E-state index contributed by atoms with van der Waals surface area (Å²) >= 11 is 3.26. The number of hydrogen-bond acceptors (Lipinski definition) is 10. The van der Waals surface area contributed by atoms with Crippen LogP contribution in [0.5, 0.6) is 0 Å². The quantitative estimate of drug-likeness (QED) is 0.165. The maximum atomic E-state index is 13.7. The molecule has 12 heteroatoms. The van der Waals surface area contributed by atoms with Gasteiger partial charge in [-0.1, -0.05) is 25.3 Å². The predicted octanol–water partition coefficient (Wildman–Crippen LogP) is 5.07. The molecule has 1 aliphatic rings. The highest BCUT2D eigenvalue weighted by Crippen LogP contribution is 2.36. The predicted molar refractivity (Wildman–Crippen MR) is 167 cm³/mol. The molecule has 10 nitrogen and oxygen atoms in total. The first-order chi connectivity index (χ1) is 19.7. The van der Waals surface area contributed by atoms with Crippen molar-refractivity contribution in [1.82, 2.24) is 15.5 Å². The summed E-state index contributed by atoms with van der Waals surface area (Å²) in [6.07, 6.45) is 3.34. The van der Waals surface area contributed by atoms with Gasteiger partial charge in [-0.05, 0) is 72.8 Å². The molecular formula is C30H49N3O7S2. The second kappa shape index (κ2) is 17.1. The van der Waals surface area contributed by atoms with Crippen molar-refractivity contribution in [2.45, 2.75) is 109 Å². The lowest BCUT2D eigenvalue weighted by atomic mass is 10.1. The molecule has 2 rings (SSSR count). The number of alkyl carbamates (subject to hydrolysis) is 1. The lowest BCUT2D eigenvalue weighted by Gasteiger charge is -2.28. The van der Waals surface area contributed by atoms with Gasteiger partial charge in [-0.15, -0.1) is 23.1 Å². The molecule has 0 saturated carbocycles. The van der Waals surface area contributed by atoms with Crippen molar-refractivity contribution in [3.05, 3.63) is 22.4 Å². The maximum Gasteiger partial charge on any atom is 0.407 e. The molecule has 0 bridgehead atoms. The Hall–Kier alpha value is -2.31. The van der Waals surface area contributed by atoms with E-state index < -0.39 is 35.3 Å². The van der Waals surface area contributed by atoms with Crippen molar-refractivity contribution in [3.63, 3.8) is 0 Å². The number of thiophene rings is 1. The third kappa shape index (κ3) is 13.8. The van der Waals surface area contributed by atoms with Crippen molar-refractivity contribution in [2.75, 3.05) is 32.0 Å². The van der Waals surface area contributed by atoms with Crippen molar-refractivity contribution in [1.29, 1.82) is 0 Å². The van der Waals surface area contributed by atoms with Gasteiger partial charge in [-0.3, -0.25) is 19.7 Å². The van der Waals surface area contributed by atoms with Crippen LogP contribution in [0.2, 0.25) is 0 Å². The Labute approximate surface area is 259 Å². The van der Waals surface area contributed by atoms with E-state index >= 15 is 0 Å². The van der Waals surface area contributed by atoms with Crippen molar-refractivity contribution < 1.29 is 33.4 Å². The molecule has 0 aliphatic carbocycles. The van der Waals surface area contributed by atoms with Gasteiger partial charge < -0.3 is 24.4 Å². The molecule has 2 amide bonds. The van der Waals surface area contributed by atoms with E-state index in [9.17, 15) is 19.2 Å². The van der Waals surface area contributed by atoms with E-state index in [1.54, 1.807) is 55.7 Å². The highest BCUT2D eigenvalue weighted by atomic mass is 32.2. The minimum Gasteiger partial charge on any atom is -0.465 e. The van der Waals surface area contributed by atoms with Crippen LogP contribution in [0.1, 0.15) is 90.7 Å². The van der Waals surface area contributed by atoms with Crippen LogP contribution in [0.15, 0.2) is 17.5 Å². The molecule has 1 aromatic heterocycles. The second-order valence-corrected chi connectivity index (χ2v) is 14.5. The number of unbranched alkanes of at least 4 members (excludes halogenated alkanes) is 3. The molecule has 238 valence electrons. The zero-order chi connectivity index (χ0) is 31.3. The zero-order valence-corrected chi connectivity index (χ0v) is 27.8. The number of rotatable bonds is 14. The summed E-state index contributed by atoms with van der Waals surface area (Å²) in [5.74, 6) is -0.623. The molecule has 1 aromatic rings. The third-order valence-corrected chi connectivity index (χ3v) is 8.59. The number of amides is 2. The van der Waals surface area contributed by atoms with Gasteiger partial charge in [0.15, 0.2) is 0 Å². The first kappa shape index (κ1) is 35.9. The molecule has 0 unspecified atom stereocenters. The number of esters is 2. The summed E-state index contributed by atoms with van der Waals surface area (Å²) in [5.41, 5.74) is -1.19. The molecule has 0 aromatic carbocycles. The largest absolute Gasteiger partial charge is 0.465 e. The number of carbonyl (C=O) groups is 4. The highest BCUT2D eigenvalue weighted by molar-refractivity contribution is 7.99. The number of thioether (sulfide) groups is 1. The Morgan fingerprint density at radius 2 is 1.74 bits per heavy atom. The average molecular weight is 628 g/mol. The lowest BCUT2D eigenvalue weighted by molar-refractivity contribution is -0.159. The van der Waals surface area contributed by atoms with Gasteiger partial charge in [0.1, 0.15) is 23.8 Å². The van der Waals surface area contributed by atoms with Gasteiger partial charge in [0, 0.05) is 23.7 Å². The molecule has 1 saturated heterocycles. The number of carbonyl (C=O) groups excluding carboxylic acids is 4. The van der Waals surface area contributed by atoms with Crippen LogP contribution in [0.25, 0.3) is 0 Å². The van der Waals surface area contributed by atoms with Crippen LogP contribution < -0.4 is 10.6 Å². The molecule has 1 fully saturated rings. The lowest BCUT2D eigenvalue weighted by Crippen LogP contribution is -2.54. The summed E-state index contributed by atoms with van der Waals surface area (Å²) in [7, 11) is 0. The Balaban J connectivity index is 2.00. The summed E-state index contributed by atoms with van der Waals surface area (Å²) in [6.45, 7) is 13.6. The average Bonchev–Trinajstić information content (AvgIpc) is 3.35. The van der Waals surface area contributed by atoms with Gasteiger partial charge in [0.05, 0.1) is 17.9 Å². The monoisotopic (exact) mass is 627 g/mol. The highest BCUT2D eigenvalue weighted by Gasteiger charge is 2.36. The second-order valence-electron chi connectivity index (χ2n) is 12.3. The van der Waals surface area contributed by atoms with Gasteiger partial charge in [0.25, 0.3) is 0 Å². The van der Waals surface area contributed by atoms with Crippen molar-refractivity contribution >= 4 is 47.0 Å². The summed E-state index contributed by atoms with van der Waals surface area (Å²) < 4.78 is 16.1. The standard InChI is InChI=1S/C30H49N3O7S2/c1-8-38-27(36)21(14-11-9-10-12-16-31-28(37)40-30(5,6)7)32-22-20-42-24(23-15-13-17-41-23)18-33(26(22)35)19-25(34)39-29(2,3)4/h13,15,17,21-22,24,32H,8-12,14,16,18-20H2,1-7H3,(H,31,37)/t21-,22+,24+/m1/s1. The van der Waals surface area contributed by atoms with Gasteiger partial charge >= 0.3 is 18.0 Å². The van der Waals surface area contributed by atoms with Crippen LogP contribution >= 0.6 is 23.1 Å². The first-order valence-corrected chi connectivity index (χ1v) is 16.7. The molecular weight excluding hydrogens is 578 g/mol. The normalized spacial score (nSPS) is 18.6. The first-order valence-electron chi connectivity index (χ1n) is 14.7. The Bertz CT molecular complexity index is 1010. The summed E-state index contributed by atoms with van der Waals surface area (Å²) in [5, 5.41) is 8.05. The fourth-order valence-corrected chi connectivity index (χ4v) is 6.63. The molecule has 0 spiro atoms. The van der Waals surface area contributed by atoms with E-state index in [1.165, 1.54) is 0 Å². The minimum absolute atomic E-state index is 0.0125. The molecule has 2 heterocycles. The van der Waals surface area contributed by atoms with E-state index in [1.807, 2.05) is 38.3 Å². The van der Waals surface area contributed by atoms with E-state index in [4.69, 9.17) is 14.2 Å². The van der Waals surface area contributed by atoms with Crippen molar-refractivity contribution in [3.8, 4) is 0 Å². The molecule has 3 atom stereocenters. The fraction of sp³-hybridized carbons (Fsp3) is 0.733. The van der Waals surface area contributed by atoms with E-state index in [0.29, 0.717) is 25.3 Å². The molecule has 2 N–H and O–H groups in total. The van der Waals surface area contributed by atoms with Crippen LogP contribution in [0, 0.1) is 0 Å². The number of nitrogens with zero attached hydrogens (tertiary/aromatic N) is 1. The summed E-state index contributed by atoms with van der Waals surface area (Å²) in [4.78, 5) is 53.8.